The van der Waals surface area contributed by atoms with E-state index in [-0.39, 0.29) is 12.1 Å². The summed E-state index contributed by atoms with van der Waals surface area (Å²) in [6, 6.07) is 6.12. The molecule has 0 radical (unpaired) electrons. The number of aryl methyl sites for hydroxylation is 2. The molecule has 0 saturated carbocycles. The maximum Gasteiger partial charge on any atom is 0.126 e. The molecule has 5 nitrogen and oxygen atoms in total. The number of hydrogen-bond donors (Lipinski definition) is 1. The van der Waals surface area contributed by atoms with Crippen LogP contribution in [0.2, 0.25) is 5.02 Å². The Bertz CT molecular complexity index is 804. The lowest BCUT2D eigenvalue weighted by molar-refractivity contribution is 0.468. The van der Waals surface area contributed by atoms with Gasteiger partial charge >= 0.3 is 0 Å². The van der Waals surface area contributed by atoms with Crippen molar-refractivity contribution in [2.45, 2.75) is 25.9 Å². The highest BCUT2D eigenvalue weighted by atomic mass is 35.5. The minimum absolute atomic E-state index is 0.117. The SMILES string of the molecule is C[C@H](N[C@@H](C)c1nc2cc(Cl)ccc2n1C)c1cnn(C)c1. The van der Waals surface area contributed by atoms with Crippen LogP contribution in [0.4, 0.5) is 0 Å². The first-order valence-electron chi connectivity index (χ1n) is 7.32. The second-order valence-electron chi connectivity index (χ2n) is 5.72. The van der Waals surface area contributed by atoms with Gasteiger partial charge in [0.25, 0.3) is 0 Å². The quantitative estimate of drug-likeness (QED) is 0.802. The third kappa shape index (κ3) is 2.74. The second kappa shape index (κ2) is 5.74. The van der Waals surface area contributed by atoms with Gasteiger partial charge in [-0.25, -0.2) is 4.98 Å². The fourth-order valence-corrected chi connectivity index (χ4v) is 2.95. The highest BCUT2D eigenvalue weighted by Gasteiger charge is 2.17. The molecule has 2 heterocycles. The molecule has 0 unspecified atom stereocenters. The number of halogens is 1. The van der Waals surface area contributed by atoms with Gasteiger partial charge in [-0.1, -0.05) is 11.6 Å². The summed E-state index contributed by atoms with van der Waals surface area (Å²) >= 11 is 6.05. The summed E-state index contributed by atoms with van der Waals surface area (Å²) in [7, 11) is 3.96. The van der Waals surface area contributed by atoms with Crippen molar-refractivity contribution in [3.63, 3.8) is 0 Å². The lowest BCUT2D eigenvalue weighted by atomic mass is 10.1. The van der Waals surface area contributed by atoms with Crippen molar-refractivity contribution in [2.75, 3.05) is 0 Å². The predicted molar refractivity (Wildman–Crippen MR) is 88.9 cm³/mol. The Kier molecular flexibility index (Phi) is 3.93. The van der Waals surface area contributed by atoms with Gasteiger partial charge in [0.1, 0.15) is 5.82 Å². The zero-order chi connectivity index (χ0) is 15.9. The maximum atomic E-state index is 6.05. The van der Waals surface area contributed by atoms with Gasteiger partial charge < -0.3 is 9.88 Å². The van der Waals surface area contributed by atoms with Crippen LogP contribution in [0.1, 0.15) is 37.3 Å². The van der Waals surface area contributed by atoms with Gasteiger partial charge in [0, 0.05) is 36.9 Å². The summed E-state index contributed by atoms with van der Waals surface area (Å²) in [5.74, 6) is 0.994. The molecule has 116 valence electrons. The molecule has 3 rings (SSSR count). The molecular weight excluding hydrogens is 298 g/mol. The molecule has 2 aromatic heterocycles. The largest absolute Gasteiger partial charge is 0.330 e. The molecule has 2 atom stereocenters. The van der Waals surface area contributed by atoms with Gasteiger partial charge in [0.15, 0.2) is 0 Å². The summed E-state index contributed by atoms with van der Waals surface area (Å²) in [5, 5.41) is 8.50. The van der Waals surface area contributed by atoms with Gasteiger partial charge in [-0.05, 0) is 32.0 Å². The zero-order valence-electron chi connectivity index (χ0n) is 13.2. The molecule has 0 aliphatic carbocycles. The van der Waals surface area contributed by atoms with Crippen LogP contribution in [0.3, 0.4) is 0 Å². The minimum Gasteiger partial charge on any atom is -0.330 e. The molecule has 0 spiro atoms. The first kappa shape index (κ1) is 15.1. The van der Waals surface area contributed by atoms with E-state index in [1.807, 2.05) is 49.4 Å². The average molecular weight is 318 g/mol. The lowest BCUT2D eigenvalue weighted by Gasteiger charge is -2.19. The first-order valence-corrected chi connectivity index (χ1v) is 7.70. The predicted octanol–water partition coefficient (Wildman–Crippen LogP) is 3.37. The number of hydrogen-bond acceptors (Lipinski definition) is 3. The number of aromatic nitrogens is 4. The molecular formula is C16H20ClN5. The van der Waals surface area contributed by atoms with E-state index >= 15 is 0 Å². The van der Waals surface area contributed by atoms with Gasteiger partial charge in [-0.2, -0.15) is 5.10 Å². The van der Waals surface area contributed by atoms with Crippen molar-refractivity contribution >= 4 is 22.6 Å². The van der Waals surface area contributed by atoms with E-state index < -0.39 is 0 Å². The van der Waals surface area contributed by atoms with Crippen LogP contribution < -0.4 is 5.32 Å². The Hall–Kier alpha value is -1.85. The van der Waals surface area contributed by atoms with Crippen molar-refractivity contribution in [3.8, 4) is 0 Å². The molecule has 1 aromatic carbocycles. The van der Waals surface area contributed by atoms with Crippen LogP contribution in [0, 0.1) is 0 Å². The summed E-state index contributed by atoms with van der Waals surface area (Å²) in [6.45, 7) is 4.25. The molecule has 0 saturated heterocycles. The third-order valence-corrected chi connectivity index (χ3v) is 4.22. The summed E-state index contributed by atoms with van der Waals surface area (Å²) < 4.78 is 3.93. The summed E-state index contributed by atoms with van der Waals surface area (Å²) in [6.07, 6.45) is 3.91. The number of nitrogens with one attached hydrogen (secondary N) is 1. The van der Waals surface area contributed by atoms with Gasteiger partial charge in [0.2, 0.25) is 0 Å². The highest BCUT2D eigenvalue weighted by molar-refractivity contribution is 6.31. The van der Waals surface area contributed by atoms with Crippen LogP contribution in [0.15, 0.2) is 30.6 Å². The standard InChI is InChI=1S/C16H20ClN5/c1-10(12-8-18-21(3)9-12)19-11(2)16-20-14-7-13(17)5-6-15(14)22(16)4/h5-11,19H,1-4H3/t10-,11-/m0/s1. The first-order chi connectivity index (χ1) is 10.5. The molecule has 1 N–H and O–H groups in total. The highest BCUT2D eigenvalue weighted by Crippen LogP contribution is 2.24. The van der Waals surface area contributed by atoms with E-state index in [9.17, 15) is 0 Å². The van der Waals surface area contributed by atoms with Crippen LogP contribution in [-0.4, -0.2) is 19.3 Å². The lowest BCUT2D eigenvalue weighted by Crippen LogP contribution is -2.24. The van der Waals surface area contributed by atoms with E-state index in [0.29, 0.717) is 5.02 Å². The number of rotatable bonds is 4. The Labute approximate surface area is 134 Å². The molecule has 3 aromatic rings. The Balaban J connectivity index is 1.85. The van der Waals surface area contributed by atoms with E-state index in [1.165, 1.54) is 0 Å². The average Bonchev–Trinajstić information content (AvgIpc) is 3.03. The van der Waals surface area contributed by atoms with Crippen LogP contribution in [0.5, 0.6) is 0 Å². The third-order valence-electron chi connectivity index (χ3n) is 3.99. The molecule has 0 amide bonds. The van der Waals surface area contributed by atoms with E-state index in [4.69, 9.17) is 16.6 Å². The van der Waals surface area contributed by atoms with Crippen molar-refractivity contribution in [2.24, 2.45) is 14.1 Å². The molecule has 0 aliphatic rings. The fraction of sp³-hybridized carbons (Fsp3) is 0.375. The van der Waals surface area contributed by atoms with Crippen LogP contribution >= 0.6 is 11.6 Å². The van der Waals surface area contributed by atoms with Crippen molar-refractivity contribution in [1.29, 1.82) is 0 Å². The van der Waals surface area contributed by atoms with E-state index in [1.54, 1.807) is 0 Å². The smallest absolute Gasteiger partial charge is 0.126 e. The zero-order valence-corrected chi connectivity index (χ0v) is 14.0. The number of imidazole rings is 1. The number of benzene rings is 1. The van der Waals surface area contributed by atoms with Crippen molar-refractivity contribution in [3.05, 3.63) is 47.0 Å². The van der Waals surface area contributed by atoms with Crippen LogP contribution in [0.25, 0.3) is 11.0 Å². The second-order valence-corrected chi connectivity index (χ2v) is 6.16. The topological polar surface area (TPSA) is 47.7 Å². The number of fused-ring (bicyclic) bond motifs is 1. The minimum atomic E-state index is 0.117. The van der Waals surface area contributed by atoms with E-state index in [2.05, 4.69) is 28.8 Å². The molecule has 22 heavy (non-hydrogen) atoms. The Morgan fingerprint density at radius 2 is 1.95 bits per heavy atom. The molecule has 6 heteroatoms. The monoisotopic (exact) mass is 317 g/mol. The van der Waals surface area contributed by atoms with E-state index in [0.717, 1.165) is 22.4 Å². The summed E-state index contributed by atoms with van der Waals surface area (Å²) in [5.41, 5.74) is 3.17. The molecule has 0 aliphatic heterocycles. The molecule has 0 bridgehead atoms. The van der Waals surface area contributed by atoms with Gasteiger partial charge in [0.05, 0.1) is 23.3 Å². The summed E-state index contributed by atoms with van der Waals surface area (Å²) in [4.78, 5) is 4.72. The number of nitrogens with zero attached hydrogens (tertiary/aromatic N) is 4. The Morgan fingerprint density at radius 3 is 2.64 bits per heavy atom. The van der Waals surface area contributed by atoms with Gasteiger partial charge in [-0.15, -0.1) is 0 Å². The van der Waals surface area contributed by atoms with Crippen LogP contribution in [-0.2, 0) is 14.1 Å². The fourth-order valence-electron chi connectivity index (χ4n) is 2.79. The maximum absolute atomic E-state index is 6.05. The van der Waals surface area contributed by atoms with Gasteiger partial charge in [-0.3, -0.25) is 4.68 Å². The van der Waals surface area contributed by atoms with Crippen molar-refractivity contribution in [1.82, 2.24) is 24.6 Å². The molecule has 0 fully saturated rings. The van der Waals surface area contributed by atoms with Crippen molar-refractivity contribution < 1.29 is 0 Å². The normalized spacial score (nSPS) is 14.4. The Morgan fingerprint density at radius 1 is 1.18 bits per heavy atom.